The van der Waals surface area contributed by atoms with Crippen molar-refractivity contribution in [2.45, 2.75) is 78.1 Å². The Labute approximate surface area is 214 Å². The molecule has 0 atom stereocenters. The second kappa shape index (κ2) is 16.7. The Bertz CT molecular complexity index is 944. The monoisotopic (exact) mass is 500 g/mol. The van der Waals surface area contributed by atoms with Crippen molar-refractivity contribution < 1.29 is 19.1 Å². The fourth-order valence-corrected chi connectivity index (χ4v) is 3.66. The molecule has 0 aromatic heterocycles. The lowest BCUT2D eigenvalue weighted by Gasteiger charge is -2.11. The van der Waals surface area contributed by atoms with E-state index < -0.39 is 5.97 Å². The number of carbonyl (C=O) groups excluding carboxylic acids is 2. The number of halogens is 1. The molecule has 0 aliphatic rings. The second-order valence-electron chi connectivity index (χ2n) is 8.41. The van der Waals surface area contributed by atoms with Gasteiger partial charge >= 0.3 is 5.97 Å². The smallest absolute Gasteiger partial charge is 0.343 e. The van der Waals surface area contributed by atoms with Crippen molar-refractivity contribution in [2.24, 2.45) is 5.10 Å². The van der Waals surface area contributed by atoms with Crippen molar-refractivity contribution in [2.75, 3.05) is 6.61 Å². The molecule has 2 aromatic carbocycles. The standard InChI is InChI=1S/C28H37ClN2O4/c1-3-5-6-7-8-9-10-11-12-13-27(32)31-30-21-22-14-19-25(26(20-22)34-4-2)35-28(33)23-15-17-24(29)18-16-23/h14-21H,3-13H2,1-2H3,(H,31,32)/b30-21-. The van der Waals surface area contributed by atoms with Crippen molar-refractivity contribution in [1.29, 1.82) is 0 Å². The fourth-order valence-electron chi connectivity index (χ4n) is 3.53. The number of nitrogens with one attached hydrogen (secondary N) is 1. The van der Waals surface area contributed by atoms with Gasteiger partial charge in [0.25, 0.3) is 0 Å². The summed E-state index contributed by atoms with van der Waals surface area (Å²) in [6.07, 6.45) is 12.9. The number of unbranched alkanes of at least 4 members (excludes halogenated alkanes) is 8. The van der Waals surface area contributed by atoms with Gasteiger partial charge < -0.3 is 9.47 Å². The number of ether oxygens (including phenoxy) is 2. The van der Waals surface area contributed by atoms with Gasteiger partial charge in [0.1, 0.15) is 0 Å². The molecule has 0 radical (unpaired) electrons. The third-order valence-electron chi connectivity index (χ3n) is 5.46. The van der Waals surface area contributed by atoms with Gasteiger partial charge in [-0.05, 0) is 61.4 Å². The first-order valence-electron chi connectivity index (χ1n) is 12.6. The Kier molecular flexibility index (Phi) is 13.6. The van der Waals surface area contributed by atoms with E-state index in [0.717, 1.165) is 12.8 Å². The average Bonchev–Trinajstić information content (AvgIpc) is 2.85. The van der Waals surface area contributed by atoms with Crippen LogP contribution in [0.2, 0.25) is 5.02 Å². The van der Waals surface area contributed by atoms with Crippen LogP contribution in [0.5, 0.6) is 11.5 Å². The Balaban J connectivity index is 1.77. The molecule has 6 nitrogen and oxygen atoms in total. The average molecular weight is 501 g/mol. The van der Waals surface area contributed by atoms with Crippen LogP contribution < -0.4 is 14.9 Å². The van der Waals surface area contributed by atoms with E-state index in [2.05, 4.69) is 17.5 Å². The molecule has 0 aliphatic heterocycles. The van der Waals surface area contributed by atoms with Crippen LogP contribution in [0.4, 0.5) is 0 Å². The van der Waals surface area contributed by atoms with E-state index in [4.69, 9.17) is 21.1 Å². The van der Waals surface area contributed by atoms with Crippen LogP contribution in [-0.4, -0.2) is 24.7 Å². The lowest BCUT2D eigenvalue weighted by molar-refractivity contribution is -0.121. The maximum atomic E-state index is 12.4. The number of nitrogens with zero attached hydrogens (tertiary/aromatic N) is 1. The van der Waals surface area contributed by atoms with E-state index in [9.17, 15) is 9.59 Å². The number of amides is 1. The number of hydrazone groups is 1. The van der Waals surface area contributed by atoms with E-state index in [1.807, 2.05) is 6.92 Å². The normalized spacial score (nSPS) is 10.9. The topological polar surface area (TPSA) is 77.0 Å². The minimum absolute atomic E-state index is 0.0947. The van der Waals surface area contributed by atoms with Gasteiger partial charge in [-0.1, -0.05) is 69.9 Å². The Morgan fingerprint density at radius 2 is 1.54 bits per heavy atom. The zero-order valence-corrected chi connectivity index (χ0v) is 21.6. The summed E-state index contributed by atoms with van der Waals surface area (Å²) in [7, 11) is 0. The maximum absolute atomic E-state index is 12.4. The van der Waals surface area contributed by atoms with Gasteiger partial charge in [-0.25, -0.2) is 10.2 Å². The first kappa shape index (κ1) is 28.4. The molecule has 190 valence electrons. The van der Waals surface area contributed by atoms with Crippen molar-refractivity contribution >= 4 is 29.7 Å². The van der Waals surface area contributed by atoms with Crippen LogP contribution >= 0.6 is 11.6 Å². The molecule has 0 unspecified atom stereocenters. The summed E-state index contributed by atoms with van der Waals surface area (Å²) in [6, 6.07) is 11.6. The van der Waals surface area contributed by atoms with Gasteiger partial charge in [0, 0.05) is 11.4 Å². The molecule has 1 amide bonds. The maximum Gasteiger partial charge on any atom is 0.343 e. The van der Waals surface area contributed by atoms with E-state index in [1.165, 1.54) is 44.9 Å². The highest BCUT2D eigenvalue weighted by atomic mass is 35.5. The summed E-state index contributed by atoms with van der Waals surface area (Å²) >= 11 is 5.87. The van der Waals surface area contributed by atoms with Gasteiger partial charge in [-0.15, -0.1) is 0 Å². The summed E-state index contributed by atoms with van der Waals surface area (Å²) < 4.78 is 11.1. The molecule has 0 saturated heterocycles. The minimum atomic E-state index is -0.507. The molecule has 0 fully saturated rings. The molecule has 0 saturated carbocycles. The van der Waals surface area contributed by atoms with E-state index >= 15 is 0 Å². The molecule has 35 heavy (non-hydrogen) atoms. The molecule has 0 heterocycles. The van der Waals surface area contributed by atoms with Crippen LogP contribution in [0.3, 0.4) is 0 Å². The quantitative estimate of drug-likeness (QED) is 0.0860. The molecule has 2 rings (SSSR count). The zero-order chi connectivity index (χ0) is 25.3. The first-order valence-corrected chi connectivity index (χ1v) is 13.0. The summed E-state index contributed by atoms with van der Waals surface area (Å²) in [4.78, 5) is 24.4. The summed E-state index contributed by atoms with van der Waals surface area (Å²) in [5, 5.41) is 4.59. The van der Waals surface area contributed by atoms with Crippen LogP contribution in [0.15, 0.2) is 47.6 Å². The van der Waals surface area contributed by atoms with E-state index in [1.54, 1.807) is 48.7 Å². The van der Waals surface area contributed by atoms with Crippen molar-refractivity contribution in [1.82, 2.24) is 5.43 Å². The molecule has 1 N–H and O–H groups in total. The summed E-state index contributed by atoms with van der Waals surface area (Å²) in [6.45, 7) is 4.48. The Morgan fingerprint density at radius 1 is 0.886 bits per heavy atom. The molecular weight excluding hydrogens is 464 g/mol. The number of benzene rings is 2. The molecular formula is C28H37ClN2O4. The predicted molar refractivity (Wildman–Crippen MR) is 142 cm³/mol. The van der Waals surface area contributed by atoms with Crippen LogP contribution in [0.1, 0.15) is 94.0 Å². The summed E-state index contributed by atoms with van der Waals surface area (Å²) in [5.41, 5.74) is 3.67. The number of carbonyl (C=O) groups is 2. The van der Waals surface area contributed by atoms with E-state index in [0.29, 0.717) is 40.7 Å². The van der Waals surface area contributed by atoms with E-state index in [-0.39, 0.29) is 5.91 Å². The number of esters is 1. The highest BCUT2D eigenvalue weighted by Crippen LogP contribution is 2.29. The molecule has 0 spiro atoms. The van der Waals surface area contributed by atoms with Gasteiger partial charge in [0.05, 0.1) is 18.4 Å². The fraction of sp³-hybridized carbons (Fsp3) is 0.464. The number of rotatable bonds is 16. The van der Waals surface area contributed by atoms with Crippen molar-refractivity contribution in [3.05, 3.63) is 58.6 Å². The highest BCUT2D eigenvalue weighted by Gasteiger charge is 2.13. The lowest BCUT2D eigenvalue weighted by Crippen LogP contribution is -2.16. The highest BCUT2D eigenvalue weighted by molar-refractivity contribution is 6.30. The number of hydrogen-bond acceptors (Lipinski definition) is 5. The SMILES string of the molecule is CCCCCCCCCCCC(=O)N/N=C\c1ccc(OC(=O)c2ccc(Cl)cc2)c(OCC)c1. The lowest BCUT2D eigenvalue weighted by atomic mass is 10.1. The Morgan fingerprint density at radius 3 is 2.20 bits per heavy atom. The minimum Gasteiger partial charge on any atom is -0.490 e. The van der Waals surface area contributed by atoms with Gasteiger partial charge in [0.2, 0.25) is 5.91 Å². The molecule has 0 bridgehead atoms. The van der Waals surface area contributed by atoms with Crippen LogP contribution in [0.25, 0.3) is 0 Å². The third kappa shape index (κ3) is 11.4. The first-order chi connectivity index (χ1) is 17.0. The van der Waals surface area contributed by atoms with Gasteiger partial charge in [0.15, 0.2) is 11.5 Å². The van der Waals surface area contributed by atoms with Gasteiger partial charge in [-0.2, -0.15) is 5.10 Å². The predicted octanol–water partition coefficient (Wildman–Crippen LogP) is 7.33. The molecule has 7 heteroatoms. The largest absolute Gasteiger partial charge is 0.490 e. The van der Waals surface area contributed by atoms with Crippen molar-refractivity contribution in [3.8, 4) is 11.5 Å². The second-order valence-corrected chi connectivity index (χ2v) is 8.84. The number of hydrogen-bond donors (Lipinski definition) is 1. The van der Waals surface area contributed by atoms with Gasteiger partial charge in [-0.3, -0.25) is 4.79 Å². The van der Waals surface area contributed by atoms with Crippen molar-refractivity contribution in [3.63, 3.8) is 0 Å². The van der Waals surface area contributed by atoms with Crippen LogP contribution in [-0.2, 0) is 4.79 Å². The Hall–Kier alpha value is -2.86. The molecule has 2 aromatic rings. The summed E-state index contributed by atoms with van der Waals surface area (Å²) in [5.74, 6) is 0.119. The third-order valence-corrected chi connectivity index (χ3v) is 5.71. The van der Waals surface area contributed by atoms with Crippen LogP contribution in [0, 0.1) is 0 Å². The molecule has 0 aliphatic carbocycles. The zero-order valence-electron chi connectivity index (χ0n) is 20.9.